The molecule has 0 unspecified atom stereocenters. The Bertz CT molecular complexity index is 794. The van der Waals surface area contributed by atoms with Crippen LogP contribution in [0.2, 0.25) is 0 Å². The molecule has 0 fully saturated rings. The highest BCUT2D eigenvalue weighted by molar-refractivity contribution is 9.11. The van der Waals surface area contributed by atoms with Crippen LogP contribution in [0.5, 0.6) is 0 Å². The van der Waals surface area contributed by atoms with E-state index in [2.05, 4.69) is 42.1 Å². The van der Waals surface area contributed by atoms with E-state index < -0.39 is 0 Å². The first-order valence-corrected chi connectivity index (χ1v) is 7.69. The molecule has 0 amide bonds. The molecule has 3 N–H and O–H groups in total. The highest BCUT2D eigenvalue weighted by Crippen LogP contribution is 2.36. The summed E-state index contributed by atoms with van der Waals surface area (Å²) in [4.78, 5) is 0. The molecule has 0 bridgehead atoms. The van der Waals surface area contributed by atoms with Crippen LogP contribution in [0.25, 0.3) is 22.4 Å². The highest BCUT2D eigenvalue weighted by atomic mass is 79.9. The zero-order valence-electron chi connectivity index (χ0n) is 10.7. The molecular weight excluding hydrogens is 401 g/mol. The van der Waals surface area contributed by atoms with Crippen LogP contribution in [0.3, 0.4) is 0 Å². The van der Waals surface area contributed by atoms with Gasteiger partial charge in [0, 0.05) is 14.5 Å². The zero-order valence-corrected chi connectivity index (χ0v) is 13.9. The van der Waals surface area contributed by atoms with E-state index in [0.717, 1.165) is 20.2 Å². The van der Waals surface area contributed by atoms with Crippen LogP contribution in [0.4, 0.5) is 10.2 Å². The standard InChI is InChI=1S/C15H10Br2FN3/c16-10-4-9(5-11(17)7-10)14-13(15(19)21-20-14)8-2-1-3-12(18)6-8/h1-7H,(H3,19,20,21). The molecular formula is C15H10Br2FN3. The van der Waals surface area contributed by atoms with Gasteiger partial charge in [0.2, 0.25) is 0 Å². The number of nitrogens with one attached hydrogen (secondary N) is 1. The maximum atomic E-state index is 13.5. The Labute approximate surface area is 137 Å². The summed E-state index contributed by atoms with van der Waals surface area (Å²) in [5.41, 5.74) is 8.98. The van der Waals surface area contributed by atoms with Gasteiger partial charge in [-0.25, -0.2) is 4.39 Å². The van der Waals surface area contributed by atoms with Gasteiger partial charge in [-0.1, -0.05) is 44.0 Å². The van der Waals surface area contributed by atoms with E-state index in [-0.39, 0.29) is 5.82 Å². The average Bonchev–Trinajstić information content (AvgIpc) is 2.79. The molecule has 0 aliphatic carbocycles. The summed E-state index contributed by atoms with van der Waals surface area (Å²) in [6, 6.07) is 12.1. The highest BCUT2D eigenvalue weighted by Gasteiger charge is 2.16. The van der Waals surface area contributed by atoms with E-state index in [1.165, 1.54) is 12.1 Å². The quantitative estimate of drug-likeness (QED) is 0.625. The molecule has 0 atom stereocenters. The van der Waals surface area contributed by atoms with Crippen molar-refractivity contribution in [2.45, 2.75) is 0 Å². The Kier molecular flexibility index (Phi) is 3.82. The van der Waals surface area contributed by atoms with Gasteiger partial charge in [-0.3, -0.25) is 5.10 Å². The van der Waals surface area contributed by atoms with Crippen molar-refractivity contribution < 1.29 is 4.39 Å². The number of benzene rings is 2. The largest absolute Gasteiger partial charge is 0.382 e. The number of hydrogen-bond acceptors (Lipinski definition) is 2. The van der Waals surface area contributed by atoms with Gasteiger partial charge in [-0.2, -0.15) is 5.10 Å². The van der Waals surface area contributed by atoms with Crippen molar-refractivity contribution in [3.05, 3.63) is 57.2 Å². The number of halogens is 3. The van der Waals surface area contributed by atoms with Crippen LogP contribution in [-0.4, -0.2) is 10.2 Å². The van der Waals surface area contributed by atoms with Crippen molar-refractivity contribution in [2.75, 3.05) is 5.73 Å². The monoisotopic (exact) mass is 409 g/mol. The molecule has 3 nitrogen and oxygen atoms in total. The first-order chi connectivity index (χ1) is 10.0. The minimum Gasteiger partial charge on any atom is -0.382 e. The Morgan fingerprint density at radius 1 is 1.00 bits per heavy atom. The van der Waals surface area contributed by atoms with E-state index in [0.29, 0.717) is 16.9 Å². The van der Waals surface area contributed by atoms with Gasteiger partial charge in [-0.15, -0.1) is 0 Å². The van der Waals surface area contributed by atoms with Gasteiger partial charge in [0.1, 0.15) is 5.82 Å². The lowest BCUT2D eigenvalue weighted by atomic mass is 10.0. The number of anilines is 1. The van der Waals surface area contributed by atoms with Gasteiger partial charge in [0.05, 0.1) is 11.3 Å². The summed E-state index contributed by atoms with van der Waals surface area (Å²) >= 11 is 6.91. The number of aromatic amines is 1. The maximum Gasteiger partial charge on any atom is 0.153 e. The molecule has 0 radical (unpaired) electrons. The number of rotatable bonds is 2. The Morgan fingerprint density at radius 3 is 2.38 bits per heavy atom. The minimum atomic E-state index is -0.311. The fourth-order valence-corrected chi connectivity index (χ4v) is 3.49. The fraction of sp³-hybridized carbons (Fsp3) is 0. The Hall–Kier alpha value is -1.66. The van der Waals surface area contributed by atoms with E-state index >= 15 is 0 Å². The Balaban J connectivity index is 2.21. The molecule has 6 heteroatoms. The number of hydrogen-bond donors (Lipinski definition) is 2. The molecule has 0 aliphatic heterocycles. The third-order valence-electron chi connectivity index (χ3n) is 3.06. The number of aromatic nitrogens is 2. The van der Waals surface area contributed by atoms with Gasteiger partial charge in [0.25, 0.3) is 0 Å². The van der Waals surface area contributed by atoms with Gasteiger partial charge >= 0.3 is 0 Å². The smallest absolute Gasteiger partial charge is 0.153 e. The molecule has 2 aromatic carbocycles. The van der Waals surface area contributed by atoms with Crippen LogP contribution in [0.15, 0.2) is 51.4 Å². The predicted molar refractivity (Wildman–Crippen MR) is 89.2 cm³/mol. The number of nitrogens with zero attached hydrogens (tertiary/aromatic N) is 1. The van der Waals surface area contributed by atoms with Gasteiger partial charge in [-0.05, 0) is 35.9 Å². The normalized spacial score (nSPS) is 10.8. The first-order valence-electron chi connectivity index (χ1n) is 6.11. The summed E-state index contributed by atoms with van der Waals surface area (Å²) in [5, 5.41) is 6.98. The van der Waals surface area contributed by atoms with Crippen molar-refractivity contribution in [1.29, 1.82) is 0 Å². The molecule has 106 valence electrons. The molecule has 3 aromatic rings. The molecule has 0 spiro atoms. The van der Waals surface area contributed by atoms with Crippen LogP contribution in [0.1, 0.15) is 0 Å². The van der Waals surface area contributed by atoms with Crippen molar-refractivity contribution in [2.24, 2.45) is 0 Å². The summed E-state index contributed by atoms with van der Waals surface area (Å²) in [5.74, 6) is 0.0289. The summed E-state index contributed by atoms with van der Waals surface area (Å²) in [6.45, 7) is 0. The van der Waals surface area contributed by atoms with Crippen LogP contribution in [-0.2, 0) is 0 Å². The lowest BCUT2D eigenvalue weighted by Gasteiger charge is -2.06. The third kappa shape index (κ3) is 2.87. The summed E-state index contributed by atoms with van der Waals surface area (Å²) in [7, 11) is 0. The van der Waals surface area contributed by atoms with Crippen molar-refractivity contribution in [3.8, 4) is 22.4 Å². The van der Waals surface area contributed by atoms with Crippen LogP contribution in [0, 0.1) is 5.82 Å². The van der Waals surface area contributed by atoms with Gasteiger partial charge in [0.15, 0.2) is 5.82 Å². The number of nitrogen functional groups attached to an aromatic ring is 1. The van der Waals surface area contributed by atoms with Crippen LogP contribution < -0.4 is 5.73 Å². The third-order valence-corrected chi connectivity index (χ3v) is 3.97. The summed E-state index contributed by atoms with van der Waals surface area (Å²) < 4.78 is 15.3. The molecule has 21 heavy (non-hydrogen) atoms. The molecule has 0 aliphatic rings. The van der Waals surface area contributed by atoms with E-state index in [9.17, 15) is 4.39 Å². The van der Waals surface area contributed by atoms with Crippen LogP contribution >= 0.6 is 31.9 Å². The molecule has 1 heterocycles. The molecule has 0 saturated carbocycles. The van der Waals surface area contributed by atoms with Crippen molar-refractivity contribution in [3.63, 3.8) is 0 Å². The maximum absolute atomic E-state index is 13.5. The number of nitrogens with two attached hydrogens (primary N) is 1. The molecule has 0 saturated heterocycles. The second-order valence-electron chi connectivity index (χ2n) is 4.53. The molecule has 1 aromatic heterocycles. The van der Waals surface area contributed by atoms with E-state index in [1.807, 2.05) is 18.2 Å². The SMILES string of the molecule is Nc1n[nH]c(-c2cc(Br)cc(Br)c2)c1-c1cccc(F)c1. The second kappa shape index (κ2) is 5.61. The van der Waals surface area contributed by atoms with Crippen molar-refractivity contribution >= 4 is 37.7 Å². The number of H-pyrrole nitrogens is 1. The molecule has 3 rings (SSSR count). The predicted octanol–water partition coefficient (Wildman–Crippen LogP) is 4.99. The zero-order chi connectivity index (χ0) is 15.0. The minimum absolute atomic E-state index is 0.311. The van der Waals surface area contributed by atoms with Gasteiger partial charge < -0.3 is 5.73 Å². The second-order valence-corrected chi connectivity index (χ2v) is 6.36. The lowest BCUT2D eigenvalue weighted by Crippen LogP contribution is -1.89. The fourth-order valence-electron chi connectivity index (χ4n) is 2.20. The summed E-state index contributed by atoms with van der Waals surface area (Å²) in [6.07, 6.45) is 0. The first kappa shape index (κ1) is 14.3. The van der Waals surface area contributed by atoms with E-state index in [1.54, 1.807) is 12.1 Å². The van der Waals surface area contributed by atoms with Crippen molar-refractivity contribution in [1.82, 2.24) is 10.2 Å². The lowest BCUT2D eigenvalue weighted by molar-refractivity contribution is 0.628. The average molecular weight is 411 g/mol. The Morgan fingerprint density at radius 2 is 1.71 bits per heavy atom. The van der Waals surface area contributed by atoms with E-state index in [4.69, 9.17) is 5.73 Å². The topological polar surface area (TPSA) is 54.7 Å².